The Kier molecular flexibility index (Phi) is 2.57. The van der Waals surface area contributed by atoms with Crippen molar-refractivity contribution in [1.29, 1.82) is 0 Å². The predicted molar refractivity (Wildman–Crippen MR) is 66.0 cm³/mol. The van der Waals surface area contributed by atoms with Crippen LogP contribution in [-0.4, -0.2) is 16.1 Å². The summed E-state index contributed by atoms with van der Waals surface area (Å²) in [5.41, 5.74) is 1.77. The maximum absolute atomic E-state index is 11.7. The number of carbonyl (C=O) groups excluding carboxylic acids is 1. The first-order valence-corrected chi connectivity index (χ1v) is 5.58. The number of para-hydroxylation sites is 1. The molecule has 0 spiro atoms. The van der Waals surface area contributed by atoms with Crippen LogP contribution in [0.15, 0.2) is 47.1 Å². The van der Waals surface area contributed by atoms with E-state index < -0.39 is 0 Å². The Morgan fingerprint density at radius 1 is 1.28 bits per heavy atom. The van der Waals surface area contributed by atoms with Crippen molar-refractivity contribution < 1.29 is 9.21 Å². The molecule has 2 N–H and O–H groups in total. The smallest absolute Gasteiger partial charge is 0.287 e. The normalized spacial score (nSPS) is 10.7. The number of H-pyrrole nitrogens is 1. The number of nitrogens with zero attached hydrogens (tertiary/aromatic N) is 1. The second-order valence-electron chi connectivity index (χ2n) is 3.88. The number of hydrogen-bond acceptors (Lipinski definition) is 3. The van der Waals surface area contributed by atoms with E-state index in [0.29, 0.717) is 12.3 Å². The Labute approximate surface area is 103 Å². The second-order valence-corrected chi connectivity index (χ2v) is 3.88. The minimum atomic E-state index is -0.237. The van der Waals surface area contributed by atoms with Crippen molar-refractivity contribution >= 4 is 16.8 Å². The lowest BCUT2D eigenvalue weighted by atomic mass is 10.2. The summed E-state index contributed by atoms with van der Waals surface area (Å²) in [6, 6.07) is 11.1. The van der Waals surface area contributed by atoms with Gasteiger partial charge in [0.15, 0.2) is 5.76 Å². The fourth-order valence-corrected chi connectivity index (χ4v) is 1.81. The number of amides is 1. The number of carbonyl (C=O) groups is 1. The van der Waals surface area contributed by atoms with Gasteiger partial charge in [-0.1, -0.05) is 18.2 Å². The van der Waals surface area contributed by atoms with Gasteiger partial charge in [0.05, 0.1) is 24.0 Å². The van der Waals surface area contributed by atoms with Gasteiger partial charge in [-0.3, -0.25) is 9.89 Å². The molecule has 5 nitrogen and oxygen atoms in total. The van der Waals surface area contributed by atoms with Crippen LogP contribution in [0.5, 0.6) is 0 Å². The fraction of sp³-hybridized carbons (Fsp3) is 0.0769. The van der Waals surface area contributed by atoms with Gasteiger partial charge in [-0.05, 0) is 18.2 Å². The highest BCUT2D eigenvalue weighted by molar-refractivity contribution is 5.91. The number of benzene rings is 1. The summed E-state index contributed by atoms with van der Waals surface area (Å²) >= 11 is 0. The molecule has 2 heterocycles. The SMILES string of the molecule is O=C(NCc1[nH]nc2ccccc12)c1ccco1. The van der Waals surface area contributed by atoms with Gasteiger partial charge in [0.2, 0.25) is 0 Å². The molecule has 1 amide bonds. The molecule has 0 aliphatic rings. The van der Waals surface area contributed by atoms with E-state index in [2.05, 4.69) is 15.5 Å². The van der Waals surface area contributed by atoms with Crippen LogP contribution >= 0.6 is 0 Å². The maximum atomic E-state index is 11.7. The average Bonchev–Trinajstić information content (AvgIpc) is 3.06. The van der Waals surface area contributed by atoms with E-state index in [9.17, 15) is 4.79 Å². The number of furan rings is 1. The largest absolute Gasteiger partial charge is 0.459 e. The van der Waals surface area contributed by atoms with Crippen molar-refractivity contribution in [3.05, 3.63) is 54.1 Å². The molecule has 0 aliphatic carbocycles. The van der Waals surface area contributed by atoms with E-state index in [1.807, 2.05) is 24.3 Å². The minimum Gasteiger partial charge on any atom is -0.459 e. The molecule has 0 aliphatic heterocycles. The van der Waals surface area contributed by atoms with Gasteiger partial charge >= 0.3 is 0 Å². The van der Waals surface area contributed by atoms with Crippen LogP contribution in [0, 0.1) is 0 Å². The Bertz CT molecular complexity index is 670. The van der Waals surface area contributed by atoms with Gasteiger partial charge in [0, 0.05) is 5.39 Å². The lowest BCUT2D eigenvalue weighted by molar-refractivity contribution is 0.0923. The summed E-state index contributed by atoms with van der Waals surface area (Å²) in [5, 5.41) is 10.9. The molecule has 0 atom stereocenters. The van der Waals surface area contributed by atoms with Crippen molar-refractivity contribution in [2.24, 2.45) is 0 Å². The second kappa shape index (κ2) is 4.37. The van der Waals surface area contributed by atoms with E-state index in [4.69, 9.17) is 4.42 Å². The zero-order valence-corrected chi connectivity index (χ0v) is 9.51. The first kappa shape index (κ1) is 10.6. The van der Waals surface area contributed by atoms with Crippen LogP contribution in [0.4, 0.5) is 0 Å². The van der Waals surface area contributed by atoms with Gasteiger partial charge < -0.3 is 9.73 Å². The van der Waals surface area contributed by atoms with Crippen molar-refractivity contribution in [2.45, 2.75) is 6.54 Å². The third-order valence-corrected chi connectivity index (χ3v) is 2.71. The van der Waals surface area contributed by atoms with Gasteiger partial charge in [0.1, 0.15) is 0 Å². The Morgan fingerprint density at radius 2 is 2.17 bits per heavy atom. The summed E-state index contributed by atoms with van der Waals surface area (Å²) in [6.07, 6.45) is 1.47. The highest BCUT2D eigenvalue weighted by Gasteiger charge is 2.09. The summed E-state index contributed by atoms with van der Waals surface area (Å²) in [5.74, 6) is 0.0671. The summed E-state index contributed by atoms with van der Waals surface area (Å²) in [4.78, 5) is 11.7. The van der Waals surface area contributed by atoms with E-state index in [0.717, 1.165) is 16.6 Å². The van der Waals surface area contributed by atoms with Crippen LogP contribution in [0.2, 0.25) is 0 Å². The molecule has 90 valence electrons. The van der Waals surface area contributed by atoms with Crippen molar-refractivity contribution in [2.75, 3.05) is 0 Å². The number of fused-ring (bicyclic) bond motifs is 1. The van der Waals surface area contributed by atoms with E-state index in [1.165, 1.54) is 6.26 Å². The zero-order chi connectivity index (χ0) is 12.4. The summed E-state index contributed by atoms with van der Waals surface area (Å²) < 4.78 is 5.01. The van der Waals surface area contributed by atoms with Crippen LogP contribution in [0.1, 0.15) is 16.2 Å². The predicted octanol–water partition coefficient (Wildman–Crippen LogP) is 2.09. The number of aromatic nitrogens is 2. The topological polar surface area (TPSA) is 70.9 Å². The van der Waals surface area contributed by atoms with Gasteiger partial charge in [-0.15, -0.1) is 0 Å². The molecule has 0 fully saturated rings. The number of nitrogens with one attached hydrogen (secondary N) is 2. The summed E-state index contributed by atoms with van der Waals surface area (Å²) in [6.45, 7) is 0.389. The number of hydrogen-bond donors (Lipinski definition) is 2. The molecule has 3 aromatic rings. The van der Waals surface area contributed by atoms with Crippen molar-refractivity contribution in [3.63, 3.8) is 0 Å². The monoisotopic (exact) mass is 241 g/mol. The first-order valence-electron chi connectivity index (χ1n) is 5.58. The lowest BCUT2D eigenvalue weighted by Crippen LogP contribution is -2.22. The quantitative estimate of drug-likeness (QED) is 0.737. The van der Waals surface area contributed by atoms with Crippen LogP contribution in [0.25, 0.3) is 10.9 Å². The molecule has 0 saturated heterocycles. The van der Waals surface area contributed by atoms with E-state index >= 15 is 0 Å². The molecule has 1 aromatic carbocycles. The fourth-order valence-electron chi connectivity index (χ4n) is 1.81. The maximum Gasteiger partial charge on any atom is 0.287 e. The van der Waals surface area contributed by atoms with Crippen molar-refractivity contribution in [1.82, 2.24) is 15.5 Å². The number of rotatable bonds is 3. The Hall–Kier alpha value is -2.56. The molecule has 3 rings (SSSR count). The van der Waals surface area contributed by atoms with Gasteiger partial charge in [0.25, 0.3) is 5.91 Å². The van der Waals surface area contributed by atoms with Crippen LogP contribution in [-0.2, 0) is 6.54 Å². The Morgan fingerprint density at radius 3 is 3.00 bits per heavy atom. The molecular weight excluding hydrogens is 230 g/mol. The number of aromatic amines is 1. The highest BCUT2D eigenvalue weighted by Crippen LogP contribution is 2.14. The van der Waals surface area contributed by atoms with Crippen LogP contribution < -0.4 is 5.32 Å². The molecule has 0 radical (unpaired) electrons. The molecular formula is C13H11N3O2. The first-order chi connectivity index (χ1) is 8.84. The third-order valence-electron chi connectivity index (χ3n) is 2.71. The van der Waals surface area contributed by atoms with Crippen LogP contribution in [0.3, 0.4) is 0 Å². The van der Waals surface area contributed by atoms with E-state index in [1.54, 1.807) is 12.1 Å². The minimum absolute atomic E-state index is 0.237. The molecule has 2 aromatic heterocycles. The third kappa shape index (κ3) is 1.86. The van der Waals surface area contributed by atoms with Crippen molar-refractivity contribution in [3.8, 4) is 0 Å². The zero-order valence-electron chi connectivity index (χ0n) is 9.51. The van der Waals surface area contributed by atoms with Gasteiger partial charge in [-0.2, -0.15) is 5.10 Å². The molecule has 0 unspecified atom stereocenters. The standard InChI is InChI=1S/C13H11N3O2/c17-13(12-6-3-7-18-12)14-8-11-9-4-1-2-5-10(9)15-16-11/h1-7H,8H2,(H,14,17)(H,15,16). The Balaban J connectivity index is 1.76. The average molecular weight is 241 g/mol. The highest BCUT2D eigenvalue weighted by atomic mass is 16.3. The molecule has 0 saturated carbocycles. The molecule has 18 heavy (non-hydrogen) atoms. The molecule has 5 heteroatoms. The van der Waals surface area contributed by atoms with Gasteiger partial charge in [-0.25, -0.2) is 0 Å². The lowest BCUT2D eigenvalue weighted by Gasteiger charge is -2.01. The van der Waals surface area contributed by atoms with E-state index in [-0.39, 0.29) is 5.91 Å². The summed E-state index contributed by atoms with van der Waals surface area (Å²) in [7, 11) is 0. The molecule has 0 bridgehead atoms.